The van der Waals surface area contributed by atoms with Crippen LogP contribution in [0.4, 0.5) is 0 Å². The maximum Gasteiger partial charge on any atom is 0.0991 e. The predicted molar refractivity (Wildman–Crippen MR) is 61.2 cm³/mol. The number of hydrogen-bond donors (Lipinski definition) is 0. The van der Waals surface area contributed by atoms with Crippen molar-refractivity contribution in [1.82, 2.24) is 4.90 Å². The Bertz CT molecular complexity index is 426. The van der Waals surface area contributed by atoms with E-state index in [1.807, 2.05) is 18.2 Å². The van der Waals surface area contributed by atoms with E-state index in [1.54, 1.807) is 0 Å². The van der Waals surface area contributed by atoms with Crippen molar-refractivity contribution in [2.45, 2.75) is 6.42 Å². The van der Waals surface area contributed by atoms with E-state index in [0.717, 1.165) is 25.1 Å². The molecular weight excluding hydrogens is 184 g/mol. The number of nitrogens with zero attached hydrogens (tertiary/aromatic N) is 2. The van der Waals surface area contributed by atoms with Gasteiger partial charge in [0.1, 0.15) is 0 Å². The largest absolute Gasteiger partial charge is 0.302 e. The van der Waals surface area contributed by atoms with Crippen LogP contribution in [0.15, 0.2) is 30.3 Å². The van der Waals surface area contributed by atoms with E-state index < -0.39 is 0 Å². The molecule has 2 heteroatoms. The normalized spacial score (nSPS) is 16.9. The van der Waals surface area contributed by atoms with Gasteiger partial charge in [-0.05, 0) is 36.7 Å². The Labute approximate surface area is 90.4 Å². The molecule has 0 amide bonds. The summed E-state index contributed by atoms with van der Waals surface area (Å²) in [6, 6.07) is 10.0. The minimum absolute atomic E-state index is 0.743. The van der Waals surface area contributed by atoms with Crippen LogP contribution in [0, 0.1) is 11.3 Å². The molecule has 0 saturated carbocycles. The van der Waals surface area contributed by atoms with Crippen LogP contribution in [0.3, 0.4) is 0 Å². The first-order valence-corrected chi connectivity index (χ1v) is 5.18. The Morgan fingerprint density at radius 3 is 2.93 bits per heavy atom. The molecule has 0 fully saturated rings. The van der Waals surface area contributed by atoms with Gasteiger partial charge in [0.05, 0.1) is 11.6 Å². The second kappa shape index (κ2) is 4.29. The SMILES string of the molecule is CN1CC=C(c2cccc(C#N)c2)CC1. The van der Waals surface area contributed by atoms with Crippen molar-refractivity contribution in [3.8, 4) is 6.07 Å². The molecule has 0 bridgehead atoms. The highest BCUT2D eigenvalue weighted by Crippen LogP contribution is 2.22. The third-order valence-corrected chi connectivity index (χ3v) is 2.77. The van der Waals surface area contributed by atoms with Crippen molar-refractivity contribution in [3.05, 3.63) is 41.5 Å². The second-order valence-electron chi connectivity index (χ2n) is 3.93. The van der Waals surface area contributed by atoms with Crippen molar-refractivity contribution in [2.24, 2.45) is 0 Å². The lowest BCUT2D eigenvalue weighted by molar-refractivity contribution is 0.370. The first kappa shape index (κ1) is 9.95. The van der Waals surface area contributed by atoms with Gasteiger partial charge < -0.3 is 4.90 Å². The van der Waals surface area contributed by atoms with Gasteiger partial charge in [-0.15, -0.1) is 0 Å². The molecular formula is C13H14N2. The molecule has 0 atom stereocenters. The fourth-order valence-corrected chi connectivity index (χ4v) is 1.82. The monoisotopic (exact) mass is 198 g/mol. The number of likely N-dealkylation sites (N-methyl/N-ethyl adjacent to an activating group) is 1. The van der Waals surface area contributed by atoms with Gasteiger partial charge in [0.2, 0.25) is 0 Å². The maximum atomic E-state index is 8.82. The molecule has 0 unspecified atom stereocenters. The summed E-state index contributed by atoms with van der Waals surface area (Å²) in [7, 11) is 2.12. The minimum Gasteiger partial charge on any atom is -0.302 e. The van der Waals surface area contributed by atoms with Gasteiger partial charge in [-0.25, -0.2) is 0 Å². The van der Waals surface area contributed by atoms with E-state index in [-0.39, 0.29) is 0 Å². The van der Waals surface area contributed by atoms with Gasteiger partial charge in [-0.3, -0.25) is 0 Å². The Morgan fingerprint density at radius 2 is 2.27 bits per heavy atom. The van der Waals surface area contributed by atoms with Crippen LogP contribution in [0.5, 0.6) is 0 Å². The van der Waals surface area contributed by atoms with Crippen LogP contribution in [0.2, 0.25) is 0 Å². The maximum absolute atomic E-state index is 8.82. The first-order valence-electron chi connectivity index (χ1n) is 5.18. The summed E-state index contributed by atoms with van der Waals surface area (Å²) in [5.74, 6) is 0. The van der Waals surface area contributed by atoms with Crippen molar-refractivity contribution >= 4 is 5.57 Å². The molecule has 1 aliphatic heterocycles. The van der Waals surface area contributed by atoms with Gasteiger partial charge in [0.15, 0.2) is 0 Å². The fourth-order valence-electron chi connectivity index (χ4n) is 1.82. The van der Waals surface area contributed by atoms with Crippen LogP contribution >= 0.6 is 0 Å². The summed E-state index contributed by atoms with van der Waals surface area (Å²) in [5, 5.41) is 8.82. The zero-order chi connectivity index (χ0) is 10.7. The van der Waals surface area contributed by atoms with E-state index in [9.17, 15) is 0 Å². The number of rotatable bonds is 1. The minimum atomic E-state index is 0.743. The lowest BCUT2D eigenvalue weighted by Gasteiger charge is -2.22. The van der Waals surface area contributed by atoms with E-state index >= 15 is 0 Å². The van der Waals surface area contributed by atoms with Gasteiger partial charge in [0, 0.05) is 13.1 Å². The molecule has 1 heterocycles. The quantitative estimate of drug-likeness (QED) is 0.692. The Morgan fingerprint density at radius 1 is 1.40 bits per heavy atom. The highest BCUT2D eigenvalue weighted by Gasteiger charge is 2.09. The molecule has 0 aromatic heterocycles. The molecule has 1 aliphatic rings. The fraction of sp³-hybridized carbons (Fsp3) is 0.308. The van der Waals surface area contributed by atoms with Crippen molar-refractivity contribution < 1.29 is 0 Å². The third-order valence-electron chi connectivity index (χ3n) is 2.77. The molecule has 2 nitrogen and oxygen atoms in total. The average Bonchev–Trinajstić information content (AvgIpc) is 2.30. The summed E-state index contributed by atoms with van der Waals surface area (Å²) in [4.78, 5) is 2.29. The molecule has 0 saturated heterocycles. The van der Waals surface area contributed by atoms with Crippen LogP contribution in [-0.4, -0.2) is 25.0 Å². The van der Waals surface area contributed by atoms with Gasteiger partial charge in [0.25, 0.3) is 0 Å². The third kappa shape index (κ3) is 2.26. The summed E-state index contributed by atoms with van der Waals surface area (Å²) < 4.78 is 0. The summed E-state index contributed by atoms with van der Waals surface area (Å²) >= 11 is 0. The van der Waals surface area contributed by atoms with Crippen LogP contribution in [-0.2, 0) is 0 Å². The zero-order valence-corrected chi connectivity index (χ0v) is 8.90. The predicted octanol–water partition coefficient (Wildman–Crippen LogP) is 2.28. The summed E-state index contributed by atoms with van der Waals surface area (Å²) in [6.07, 6.45) is 3.32. The van der Waals surface area contributed by atoms with E-state index in [2.05, 4.69) is 30.2 Å². The van der Waals surface area contributed by atoms with Crippen molar-refractivity contribution in [3.63, 3.8) is 0 Å². The Hall–Kier alpha value is -1.59. The molecule has 76 valence electrons. The summed E-state index contributed by atoms with van der Waals surface area (Å²) in [6.45, 7) is 2.11. The number of hydrogen-bond acceptors (Lipinski definition) is 2. The number of benzene rings is 1. The smallest absolute Gasteiger partial charge is 0.0991 e. The van der Waals surface area contributed by atoms with Crippen molar-refractivity contribution in [2.75, 3.05) is 20.1 Å². The van der Waals surface area contributed by atoms with Gasteiger partial charge in [-0.1, -0.05) is 18.2 Å². The molecule has 1 aromatic rings. The van der Waals surface area contributed by atoms with E-state index in [0.29, 0.717) is 0 Å². The Kier molecular flexibility index (Phi) is 2.84. The lowest BCUT2D eigenvalue weighted by atomic mass is 9.98. The van der Waals surface area contributed by atoms with Crippen LogP contribution in [0.25, 0.3) is 5.57 Å². The molecule has 0 N–H and O–H groups in total. The van der Waals surface area contributed by atoms with Crippen LogP contribution < -0.4 is 0 Å². The lowest BCUT2D eigenvalue weighted by Crippen LogP contribution is -2.23. The number of nitriles is 1. The first-order chi connectivity index (χ1) is 7.29. The van der Waals surface area contributed by atoms with Gasteiger partial charge in [-0.2, -0.15) is 5.26 Å². The molecule has 0 aliphatic carbocycles. The molecule has 0 spiro atoms. The highest BCUT2D eigenvalue weighted by molar-refractivity contribution is 5.67. The Balaban J connectivity index is 2.27. The highest BCUT2D eigenvalue weighted by atomic mass is 15.1. The zero-order valence-electron chi connectivity index (χ0n) is 8.90. The average molecular weight is 198 g/mol. The molecule has 15 heavy (non-hydrogen) atoms. The van der Waals surface area contributed by atoms with E-state index in [4.69, 9.17) is 5.26 Å². The molecule has 0 radical (unpaired) electrons. The molecule has 1 aromatic carbocycles. The molecule has 2 rings (SSSR count). The second-order valence-corrected chi connectivity index (χ2v) is 3.93. The van der Waals surface area contributed by atoms with Gasteiger partial charge >= 0.3 is 0 Å². The standard InChI is InChI=1S/C13H14N2/c1-15-7-5-12(6-8-15)13-4-2-3-11(9-13)10-14/h2-5,9H,6-8H2,1H3. The van der Waals surface area contributed by atoms with Crippen LogP contribution in [0.1, 0.15) is 17.5 Å². The topological polar surface area (TPSA) is 27.0 Å². The summed E-state index contributed by atoms with van der Waals surface area (Å²) in [5.41, 5.74) is 3.31. The van der Waals surface area contributed by atoms with Crippen molar-refractivity contribution in [1.29, 1.82) is 5.26 Å². The van der Waals surface area contributed by atoms with E-state index in [1.165, 1.54) is 11.1 Å².